The van der Waals surface area contributed by atoms with Crippen LogP contribution in [0.5, 0.6) is 0 Å². The zero-order valence-corrected chi connectivity index (χ0v) is 8.10. The van der Waals surface area contributed by atoms with E-state index in [9.17, 15) is 4.79 Å². The first-order chi connectivity index (χ1) is 7.16. The van der Waals surface area contributed by atoms with Crippen LogP contribution in [-0.4, -0.2) is 16.2 Å². The maximum atomic E-state index is 10.6. The molecule has 0 aliphatic rings. The zero-order chi connectivity index (χ0) is 10.8. The third-order valence-electron chi connectivity index (χ3n) is 2.07. The van der Waals surface area contributed by atoms with Crippen molar-refractivity contribution in [3.05, 3.63) is 41.6 Å². The first-order valence-corrected chi connectivity index (χ1v) is 4.44. The molecule has 0 amide bonds. The third kappa shape index (κ3) is 1.88. The summed E-state index contributed by atoms with van der Waals surface area (Å²) >= 11 is 0. The van der Waals surface area contributed by atoms with Gasteiger partial charge in [0.2, 0.25) is 0 Å². The highest BCUT2D eigenvalue weighted by Crippen LogP contribution is 2.20. The number of nitrogens with zero attached hydrogens (tertiary/aromatic N) is 1. The molecule has 0 spiro atoms. The summed E-state index contributed by atoms with van der Waals surface area (Å²) in [6.07, 6.45) is 0. The van der Waals surface area contributed by atoms with E-state index >= 15 is 0 Å². The molecule has 0 saturated heterocycles. The zero-order valence-electron chi connectivity index (χ0n) is 8.10. The fraction of sp³-hybridized carbons (Fsp3) is 0.0909. The summed E-state index contributed by atoms with van der Waals surface area (Å²) < 4.78 is 4.92. The molecule has 4 nitrogen and oxygen atoms in total. The largest absolute Gasteiger partial charge is 0.476 e. The van der Waals surface area contributed by atoms with E-state index < -0.39 is 5.97 Å². The van der Waals surface area contributed by atoms with Crippen LogP contribution in [0.25, 0.3) is 11.3 Å². The van der Waals surface area contributed by atoms with Crippen LogP contribution >= 0.6 is 0 Å². The Bertz CT molecular complexity index is 485. The summed E-state index contributed by atoms with van der Waals surface area (Å²) in [5.41, 5.74) is 1.88. The molecule has 0 radical (unpaired) electrons. The average Bonchev–Trinajstić information content (AvgIpc) is 2.68. The van der Waals surface area contributed by atoms with Gasteiger partial charge in [-0.3, -0.25) is 0 Å². The van der Waals surface area contributed by atoms with E-state index in [0.717, 1.165) is 11.1 Å². The number of carbonyl (C=O) groups is 1. The molecule has 0 unspecified atom stereocenters. The fourth-order valence-electron chi connectivity index (χ4n) is 1.23. The van der Waals surface area contributed by atoms with Crippen LogP contribution in [0.2, 0.25) is 0 Å². The summed E-state index contributed by atoms with van der Waals surface area (Å²) in [6, 6.07) is 8.99. The molecule has 2 aromatic rings. The van der Waals surface area contributed by atoms with Crippen molar-refractivity contribution in [2.75, 3.05) is 0 Å². The maximum Gasteiger partial charge on any atom is 0.358 e. The van der Waals surface area contributed by atoms with E-state index in [4.69, 9.17) is 9.63 Å². The van der Waals surface area contributed by atoms with Gasteiger partial charge < -0.3 is 9.63 Å². The Morgan fingerprint density at radius 3 is 2.53 bits per heavy atom. The van der Waals surface area contributed by atoms with Crippen LogP contribution in [0.15, 0.2) is 34.9 Å². The summed E-state index contributed by atoms with van der Waals surface area (Å²) in [6.45, 7) is 1.98. The molecule has 0 aliphatic carbocycles. The van der Waals surface area contributed by atoms with Crippen molar-refractivity contribution >= 4 is 5.97 Å². The predicted molar refractivity (Wildman–Crippen MR) is 53.6 cm³/mol. The molecular weight excluding hydrogens is 194 g/mol. The van der Waals surface area contributed by atoms with E-state index in [1.807, 2.05) is 31.2 Å². The number of aromatic nitrogens is 1. The Balaban J connectivity index is 2.37. The van der Waals surface area contributed by atoms with Crippen LogP contribution in [0.3, 0.4) is 0 Å². The van der Waals surface area contributed by atoms with Gasteiger partial charge in [0, 0.05) is 11.6 Å². The van der Waals surface area contributed by atoms with Crippen LogP contribution in [-0.2, 0) is 0 Å². The van der Waals surface area contributed by atoms with E-state index in [1.54, 1.807) is 0 Å². The number of aromatic carboxylic acids is 1. The predicted octanol–water partition coefficient (Wildman–Crippen LogP) is 2.35. The molecule has 1 heterocycles. The van der Waals surface area contributed by atoms with Crippen LogP contribution in [0.1, 0.15) is 16.1 Å². The molecule has 1 N–H and O–H groups in total. The Morgan fingerprint density at radius 1 is 1.33 bits per heavy atom. The number of benzene rings is 1. The van der Waals surface area contributed by atoms with E-state index in [2.05, 4.69) is 5.16 Å². The fourth-order valence-corrected chi connectivity index (χ4v) is 1.23. The van der Waals surface area contributed by atoms with Gasteiger partial charge in [0.1, 0.15) is 0 Å². The minimum atomic E-state index is -1.09. The summed E-state index contributed by atoms with van der Waals surface area (Å²) in [5, 5.41) is 12.1. The Morgan fingerprint density at radius 2 is 2.00 bits per heavy atom. The second-order valence-electron chi connectivity index (χ2n) is 3.25. The molecule has 76 valence electrons. The third-order valence-corrected chi connectivity index (χ3v) is 2.07. The molecule has 2 rings (SSSR count). The van der Waals surface area contributed by atoms with Gasteiger partial charge in [-0.15, -0.1) is 0 Å². The van der Waals surface area contributed by atoms with Crippen molar-refractivity contribution in [2.24, 2.45) is 0 Å². The van der Waals surface area contributed by atoms with Crippen molar-refractivity contribution in [3.63, 3.8) is 0 Å². The second kappa shape index (κ2) is 3.57. The van der Waals surface area contributed by atoms with Crippen molar-refractivity contribution in [3.8, 4) is 11.3 Å². The smallest absolute Gasteiger partial charge is 0.358 e. The van der Waals surface area contributed by atoms with Gasteiger partial charge in [-0.25, -0.2) is 4.79 Å². The Labute approximate surface area is 86.1 Å². The summed E-state index contributed by atoms with van der Waals surface area (Å²) in [7, 11) is 0. The molecular formula is C11H9NO3. The minimum Gasteiger partial charge on any atom is -0.476 e. The van der Waals surface area contributed by atoms with Crippen molar-refractivity contribution in [2.45, 2.75) is 6.92 Å². The van der Waals surface area contributed by atoms with Crippen LogP contribution in [0.4, 0.5) is 0 Å². The van der Waals surface area contributed by atoms with Crippen LogP contribution < -0.4 is 0 Å². The minimum absolute atomic E-state index is 0.0782. The standard InChI is InChI=1S/C11H9NO3/c1-7-2-4-8(5-3-7)10-6-9(11(13)14)12-15-10/h2-6H,1H3,(H,13,14). The highest BCUT2D eigenvalue weighted by molar-refractivity contribution is 5.86. The van der Waals surface area contributed by atoms with Gasteiger partial charge >= 0.3 is 5.97 Å². The molecule has 1 aromatic carbocycles. The molecule has 1 aromatic heterocycles. The normalized spacial score (nSPS) is 10.2. The molecule has 0 saturated carbocycles. The topological polar surface area (TPSA) is 63.3 Å². The lowest BCUT2D eigenvalue weighted by molar-refractivity contribution is 0.0686. The lowest BCUT2D eigenvalue weighted by Crippen LogP contribution is -1.94. The number of aryl methyl sites for hydroxylation is 1. The Hall–Kier alpha value is -2.10. The van der Waals surface area contributed by atoms with E-state index in [0.29, 0.717) is 5.76 Å². The van der Waals surface area contributed by atoms with Crippen molar-refractivity contribution in [1.29, 1.82) is 0 Å². The average molecular weight is 203 g/mol. The van der Waals surface area contributed by atoms with Gasteiger partial charge in [0.15, 0.2) is 11.5 Å². The molecule has 0 bridgehead atoms. The van der Waals surface area contributed by atoms with Crippen molar-refractivity contribution < 1.29 is 14.4 Å². The van der Waals surface area contributed by atoms with Gasteiger partial charge in [-0.2, -0.15) is 0 Å². The lowest BCUT2D eigenvalue weighted by atomic mass is 10.1. The monoisotopic (exact) mass is 203 g/mol. The highest BCUT2D eigenvalue weighted by Gasteiger charge is 2.11. The highest BCUT2D eigenvalue weighted by atomic mass is 16.5. The lowest BCUT2D eigenvalue weighted by Gasteiger charge is -1.94. The second-order valence-corrected chi connectivity index (χ2v) is 3.25. The maximum absolute atomic E-state index is 10.6. The van der Waals surface area contributed by atoms with Gasteiger partial charge in [0.25, 0.3) is 0 Å². The number of hydrogen-bond acceptors (Lipinski definition) is 3. The van der Waals surface area contributed by atoms with E-state index in [1.165, 1.54) is 6.07 Å². The van der Waals surface area contributed by atoms with Crippen molar-refractivity contribution in [1.82, 2.24) is 5.16 Å². The van der Waals surface area contributed by atoms with Gasteiger partial charge in [-0.1, -0.05) is 35.0 Å². The summed E-state index contributed by atoms with van der Waals surface area (Å²) in [5.74, 6) is -0.621. The van der Waals surface area contributed by atoms with E-state index in [-0.39, 0.29) is 5.69 Å². The molecule has 15 heavy (non-hydrogen) atoms. The van der Waals surface area contributed by atoms with Gasteiger partial charge in [-0.05, 0) is 6.92 Å². The number of carboxylic acids is 1. The van der Waals surface area contributed by atoms with Crippen LogP contribution in [0, 0.1) is 6.92 Å². The Kier molecular flexibility index (Phi) is 2.25. The summed E-state index contributed by atoms with van der Waals surface area (Å²) in [4.78, 5) is 10.6. The molecule has 4 heteroatoms. The first-order valence-electron chi connectivity index (χ1n) is 4.44. The quantitative estimate of drug-likeness (QED) is 0.813. The molecule has 0 fully saturated rings. The van der Waals surface area contributed by atoms with Gasteiger partial charge in [0.05, 0.1) is 0 Å². The SMILES string of the molecule is Cc1ccc(-c2cc(C(=O)O)no2)cc1. The molecule has 0 aliphatic heterocycles. The number of hydrogen-bond donors (Lipinski definition) is 1. The number of rotatable bonds is 2. The molecule has 0 atom stereocenters. The number of carboxylic acid groups (broad SMARTS) is 1. The first kappa shape index (κ1) is 9.45.